The first-order valence-electron chi connectivity index (χ1n) is 8.11. The molecule has 0 radical (unpaired) electrons. The predicted molar refractivity (Wildman–Crippen MR) is 97.5 cm³/mol. The van der Waals surface area contributed by atoms with E-state index < -0.39 is 0 Å². The van der Waals surface area contributed by atoms with E-state index in [1.54, 1.807) is 6.20 Å². The first-order chi connectivity index (χ1) is 11.8. The van der Waals surface area contributed by atoms with Crippen LogP contribution in [0.5, 0.6) is 0 Å². The van der Waals surface area contributed by atoms with Gasteiger partial charge in [-0.3, -0.25) is 0 Å². The van der Waals surface area contributed by atoms with Gasteiger partial charge in [0.1, 0.15) is 0 Å². The summed E-state index contributed by atoms with van der Waals surface area (Å²) in [6, 6.07) is 18.5. The van der Waals surface area contributed by atoms with Crippen LogP contribution < -0.4 is 10.6 Å². The van der Waals surface area contributed by atoms with Gasteiger partial charge in [-0.05, 0) is 37.0 Å². The summed E-state index contributed by atoms with van der Waals surface area (Å²) >= 11 is 0. The molecule has 5 nitrogen and oxygen atoms in total. The first kappa shape index (κ1) is 15.9. The van der Waals surface area contributed by atoms with Crippen molar-refractivity contribution in [3.05, 3.63) is 71.9 Å². The number of anilines is 3. The fourth-order valence-corrected chi connectivity index (χ4v) is 2.43. The lowest BCUT2D eigenvalue weighted by Crippen LogP contribution is -2.08. The summed E-state index contributed by atoms with van der Waals surface area (Å²) in [5.41, 5.74) is 3.48. The highest BCUT2D eigenvalue weighted by Crippen LogP contribution is 2.17. The van der Waals surface area contributed by atoms with Crippen molar-refractivity contribution < 1.29 is 0 Å². The molecule has 24 heavy (non-hydrogen) atoms. The molecule has 2 aromatic carbocycles. The highest BCUT2D eigenvalue weighted by Gasteiger charge is 2.03. The van der Waals surface area contributed by atoms with Crippen molar-refractivity contribution in [3.8, 4) is 0 Å². The van der Waals surface area contributed by atoms with E-state index in [9.17, 15) is 0 Å². The molecule has 5 heteroatoms. The summed E-state index contributed by atoms with van der Waals surface area (Å²) in [5.74, 6) is 1.23. The van der Waals surface area contributed by atoms with Gasteiger partial charge in [0.25, 0.3) is 0 Å². The minimum atomic E-state index is 0.498. The molecule has 3 rings (SSSR count). The first-order valence-corrected chi connectivity index (χ1v) is 8.11. The van der Waals surface area contributed by atoms with E-state index in [2.05, 4.69) is 50.1 Å². The van der Waals surface area contributed by atoms with E-state index in [4.69, 9.17) is 0 Å². The van der Waals surface area contributed by atoms with Crippen LogP contribution >= 0.6 is 0 Å². The maximum Gasteiger partial charge on any atom is 0.249 e. The van der Waals surface area contributed by atoms with Crippen LogP contribution in [-0.4, -0.2) is 21.7 Å². The highest BCUT2D eigenvalue weighted by molar-refractivity contribution is 5.58. The average Bonchev–Trinajstić information content (AvgIpc) is 2.62. The minimum Gasteiger partial charge on any atom is -0.369 e. The molecule has 0 spiro atoms. The average molecular weight is 319 g/mol. The fraction of sp³-hybridized carbons (Fsp3) is 0.211. The van der Waals surface area contributed by atoms with E-state index in [0.717, 1.165) is 36.5 Å². The van der Waals surface area contributed by atoms with E-state index in [1.165, 1.54) is 5.56 Å². The molecule has 1 heterocycles. The third-order valence-electron chi connectivity index (χ3n) is 3.74. The number of aryl methyl sites for hydroxylation is 2. The molecule has 0 unspecified atom stereocenters. The maximum atomic E-state index is 4.46. The normalized spacial score (nSPS) is 10.4. The summed E-state index contributed by atoms with van der Waals surface area (Å²) in [4.78, 5) is 4.46. The largest absolute Gasteiger partial charge is 0.369 e. The maximum absolute atomic E-state index is 4.46. The van der Waals surface area contributed by atoms with Crippen LogP contribution in [0.3, 0.4) is 0 Å². The molecule has 0 bridgehead atoms. The molecule has 0 atom stereocenters. The van der Waals surface area contributed by atoms with Crippen LogP contribution in [0.25, 0.3) is 0 Å². The zero-order chi connectivity index (χ0) is 16.6. The second-order valence-electron chi connectivity index (χ2n) is 5.62. The van der Waals surface area contributed by atoms with Gasteiger partial charge in [0.05, 0.1) is 6.20 Å². The highest BCUT2D eigenvalue weighted by atomic mass is 15.3. The molecule has 0 saturated carbocycles. The van der Waals surface area contributed by atoms with Crippen LogP contribution in [0.15, 0.2) is 60.8 Å². The Morgan fingerprint density at radius 3 is 2.58 bits per heavy atom. The minimum absolute atomic E-state index is 0.498. The molecule has 0 fully saturated rings. The number of para-hydroxylation sites is 1. The van der Waals surface area contributed by atoms with Gasteiger partial charge >= 0.3 is 0 Å². The molecule has 122 valence electrons. The van der Waals surface area contributed by atoms with Crippen LogP contribution in [0.1, 0.15) is 17.5 Å². The van der Waals surface area contributed by atoms with Crippen LogP contribution in [0.4, 0.5) is 17.5 Å². The van der Waals surface area contributed by atoms with Crippen LogP contribution in [0, 0.1) is 6.92 Å². The Morgan fingerprint density at radius 1 is 0.958 bits per heavy atom. The molecular weight excluding hydrogens is 298 g/mol. The number of benzene rings is 2. The van der Waals surface area contributed by atoms with Gasteiger partial charge in [0, 0.05) is 12.2 Å². The molecule has 2 N–H and O–H groups in total. The summed E-state index contributed by atoms with van der Waals surface area (Å²) in [7, 11) is 0. The van der Waals surface area contributed by atoms with Crippen molar-refractivity contribution in [1.29, 1.82) is 0 Å². The van der Waals surface area contributed by atoms with Gasteiger partial charge in [-0.2, -0.15) is 10.1 Å². The third-order valence-corrected chi connectivity index (χ3v) is 3.74. The number of nitrogens with zero attached hydrogens (tertiary/aromatic N) is 3. The summed E-state index contributed by atoms with van der Waals surface area (Å²) < 4.78 is 0. The van der Waals surface area contributed by atoms with Crippen LogP contribution in [0.2, 0.25) is 0 Å². The van der Waals surface area contributed by atoms with Crippen molar-refractivity contribution in [3.63, 3.8) is 0 Å². The second kappa shape index (κ2) is 8.06. The molecule has 0 aliphatic heterocycles. The monoisotopic (exact) mass is 319 g/mol. The number of nitrogens with one attached hydrogen (secondary N) is 2. The Hall–Kier alpha value is -2.95. The zero-order valence-electron chi connectivity index (χ0n) is 13.7. The lowest BCUT2D eigenvalue weighted by molar-refractivity contribution is 0.853. The van der Waals surface area contributed by atoms with Crippen molar-refractivity contribution in [2.24, 2.45) is 0 Å². The Kier molecular flexibility index (Phi) is 5.35. The predicted octanol–water partition coefficient (Wildman–Crippen LogP) is 3.97. The zero-order valence-corrected chi connectivity index (χ0v) is 13.7. The molecule has 0 saturated heterocycles. The number of hydrogen-bond donors (Lipinski definition) is 2. The van der Waals surface area contributed by atoms with Crippen LogP contribution in [-0.2, 0) is 6.42 Å². The van der Waals surface area contributed by atoms with Gasteiger partial charge in [0.2, 0.25) is 5.95 Å². The topological polar surface area (TPSA) is 62.7 Å². The second-order valence-corrected chi connectivity index (χ2v) is 5.62. The summed E-state index contributed by atoms with van der Waals surface area (Å²) in [6.07, 6.45) is 3.72. The lowest BCUT2D eigenvalue weighted by atomic mass is 10.1. The molecule has 3 aromatic rings. The Morgan fingerprint density at radius 2 is 1.75 bits per heavy atom. The lowest BCUT2D eigenvalue weighted by Gasteiger charge is -2.09. The van der Waals surface area contributed by atoms with Gasteiger partial charge in [0.15, 0.2) is 5.82 Å². The van der Waals surface area contributed by atoms with Gasteiger partial charge in [-0.25, -0.2) is 0 Å². The van der Waals surface area contributed by atoms with E-state index in [-0.39, 0.29) is 0 Å². The van der Waals surface area contributed by atoms with Gasteiger partial charge < -0.3 is 10.6 Å². The Bertz CT molecular complexity index is 773. The molecule has 0 amide bonds. The molecule has 0 aliphatic carbocycles. The standard InChI is InChI=1S/C19H21N5/c1-15-8-5-6-12-17(15)22-19-23-18(14-21-24-19)20-13-7-11-16-9-3-2-4-10-16/h2-6,8-10,12,14H,7,11,13H2,1H3,(H2,20,22,23,24). The number of hydrogen-bond acceptors (Lipinski definition) is 5. The third kappa shape index (κ3) is 4.52. The van der Waals surface area contributed by atoms with Crippen molar-refractivity contribution in [2.75, 3.05) is 17.2 Å². The smallest absolute Gasteiger partial charge is 0.249 e. The van der Waals surface area contributed by atoms with E-state index in [1.807, 2.05) is 37.3 Å². The van der Waals surface area contributed by atoms with E-state index in [0.29, 0.717) is 5.95 Å². The van der Waals surface area contributed by atoms with Crippen molar-refractivity contribution in [1.82, 2.24) is 15.2 Å². The fourth-order valence-electron chi connectivity index (χ4n) is 2.43. The Balaban J connectivity index is 1.53. The quantitative estimate of drug-likeness (QED) is 0.645. The van der Waals surface area contributed by atoms with Crippen molar-refractivity contribution >= 4 is 17.5 Å². The molecule has 1 aromatic heterocycles. The Labute approximate surface area is 142 Å². The summed E-state index contributed by atoms with van der Waals surface area (Å²) in [5, 5.41) is 14.6. The number of aromatic nitrogens is 3. The SMILES string of the molecule is Cc1ccccc1Nc1nncc(NCCCc2ccccc2)n1. The van der Waals surface area contributed by atoms with Gasteiger partial charge in [-0.1, -0.05) is 48.5 Å². The molecule has 0 aliphatic rings. The molecular formula is C19H21N5. The van der Waals surface area contributed by atoms with E-state index >= 15 is 0 Å². The number of rotatable bonds is 7. The van der Waals surface area contributed by atoms with Gasteiger partial charge in [-0.15, -0.1) is 5.10 Å². The summed E-state index contributed by atoms with van der Waals surface area (Å²) in [6.45, 7) is 2.89. The van der Waals surface area contributed by atoms with Crippen molar-refractivity contribution in [2.45, 2.75) is 19.8 Å².